The molecule has 1 atom stereocenters. The van der Waals surface area contributed by atoms with E-state index in [1.807, 2.05) is 25.9 Å². The standard InChI is InChI=1S/C10H20F3N/c1-6-8(14(4)5)7-9(2,3)10(11,12)13/h8H,6-7H2,1-5H3/t8-/m0/s1. The van der Waals surface area contributed by atoms with E-state index in [2.05, 4.69) is 0 Å². The van der Waals surface area contributed by atoms with Crippen molar-refractivity contribution in [1.29, 1.82) is 0 Å². The zero-order valence-electron chi connectivity index (χ0n) is 9.57. The second kappa shape index (κ2) is 4.51. The van der Waals surface area contributed by atoms with Gasteiger partial charge in [-0.1, -0.05) is 20.8 Å². The fourth-order valence-corrected chi connectivity index (χ4v) is 1.40. The van der Waals surface area contributed by atoms with Gasteiger partial charge in [-0.15, -0.1) is 0 Å². The highest BCUT2D eigenvalue weighted by Gasteiger charge is 2.48. The van der Waals surface area contributed by atoms with Gasteiger partial charge in [0, 0.05) is 6.04 Å². The third kappa shape index (κ3) is 3.48. The molecule has 0 aromatic heterocycles. The Morgan fingerprint density at radius 3 is 1.79 bits per heavy atom. The van der Waals surface area contributed by atoms with Crippen molar-refractivity contribution in [3.8, 4) is 0 Å². The number of hydrogen-bond donors (Lipinski definition) is 0. The molecule has 0 fully saturated rings. The molecule has 0 aromatic carbocycles. The van der Waals surface area contributed by atoms with Crippen molar-refractivity contribution in [3.05, 3.63) is 0 Å². The predicted molar refractivity (Wildman–Crippen MR) is 52.2 cm³/mol. The van der Waals surface area contributed by atoms with Crippen molar-refractivity contribution < 1.29 is 13.2 Å². The summed E-state index contributed by atoms with van der Waals surface area (Å²) >= 11 is 0. The summed E-state index contributed by atoms with van der Waals surface area (Å²) in [5, 5.41) is 0. The number of rotatable bonds is 4. The Balaban J connectivity index is 4.48. The van der Waals surface area contributed by atoms with Crippen LogP contribution in [0.1, 0.15) is 33.6 Å². The molecule has 1 nitrogen and oxygen atoms in total. The summed E-state index contributed by atoms with van der Waals surface area (Å²) < 4.78 is 37.7. The molecule has 0 saturated carbocycles. The zero-order valence-corrected chi connectivity index (χ0v) is 9.57. The zero-order chi connectivity index (χ0) is 11.6. The van der Waals surface area contributed by atoms with Crippen LogP contribution in [0.2, 0.25) is 0 Å². The fourth-order valence-electron chi connectivity index (χ4n) is 1.40. The first-order valence-corrected chi connectivity index (χ1v) is 4.85. The van der Waals surface area contributed by atoms with Gasteiger partial charge in [0.25, 0.3) is 0 Å². The molecule has 14 heavy (non-hydrogen) atoms. The summed E-state index contributed by atoms with van der Waals surface area (Å²) in [5.74, 6) is 0. The Morgan fingerprint density at radius 1 is 1.14 bits per heavy atom. The molecule has 0 aliphatic rings. The number of hydrogen-bond acceptors (Lipinski definition) is 1. The Labute approximate surface area is 84.3 Å². The van der Waals surface area contributed by atoms with E-state index in [4.69, 9.17) is 0 Å². The molecule has 0 aliphatic carbocycles. The molecule has 0 radical (unpaired) electrons. The molecule has 0 bridgehead atoms. The molecule has 0 N–H and O–H groups in total. The first-order chi connectivity index (χ1) is 6.12. The molecular weight excluding hydrogens is 191 g/mol. The Kier molecular flexibility index (Phi) is 4.43. The predicted octanol–water partition coefficient (Wildman–Crippen LogP) is 3.31. The van der Waals surface area contributed by atoms with Gasteiger partial charge in [0.05, 0.1) is 5.41 Å². The van der Waals surface area contributed by atoms with Crippen LogP contribution in [0.4, 0.5) is 13.2 Å². The molecular formula is C10H20F3N. The summed E-state index contributed by atoms with van der Waals surface area (Å²) in [7, 11) is 3.64. The quantitative estimate of drug-likeness (QED) is 0.689. The van der Waals surface area contributed by atoms with Gasteiger partial charge in [0.15, 0.2) is 0 Å². The molecule has 4 heteroatoms. The van der Waals surface area contributed by atoms with Crippen molar-refractivity contribution in [2.24, 2.45) is 5.41 Å². The minimum Gasteiger partial charge on any atom is -0.306 e. The molecule has 0 amide bonds. The first-order valence-electron chi connectivity index (χ1n) is 4.85. The Morgan fingerprint density at radius 2 is 1.57 bits per heavy atom. The van der Waals surface area contributed by atoms with Crippen molar-refractivity contribution in [2.75, 3.05) is 14.1 Å². The Bertz CT molecular complexity index is 173. The lowest BCUT2D eigenvalue weighted by Crippen LogP contribution is -2.39. The van der Waals surface area contributed by atoms with Gasteiger partial charge >= 0.3 is 6.18 Å². The highest BCUT2D eigenvalue weighted by atomic mass is 19.4. The molecule has 0 aromatic rings. The molecule has 86 valence electrons. The van der Waals surface area contributed by atoms with Crippen molar-refractivity contribution in [1.82, 2.24) is 4.90 Å². The maximum Gasteiger partial charge on any atom is 0.394 e. The highest BCUT2D eigenvalue weighted by Crippen LogP contribution is 2.41. The van der Waals surface area contributed by atoms with Gasteiger partial charge < -0.3 is 4.90 Å². The average molecular weight is 211 g/mol. The van der Waals surface area contributed by atoms with Crippen molar-refractivity contribution in [3.63, 3.8) is 0 Å². The van der Waals surface area contributed by atoms with Gasteiger partial charge in [-0.2, -0.15) is 13.2 Å². The monoisotopic (exact) mass is 211 g/mol. The van der Waals surface area contributed by atoms with E-state index in [0.29, 0.717) is 0 Å². The van der Waals surface area contributed by atoms with Crippen LogP contribution in [0.5, 0.6) is 0 Å². The topological polar surface area (TPSA) is 3.24 Å². The SMILES string of the molecule is CC[C@@H](CC(C)(C)C(F)(F)F)N(C)C. The van der Waals surface area contributed by atoms with Crippen LogP contribution in [0.15, 0.2) is 0 Å². The minimum absolute atomic E-state index is 0.00775. The first kappa shape index (κ1) is 13.8. The van der Waals surface area contributed by atoms with Gasteiger partial charge in [0.1, 0.15) is 0 Å². The molecule has 0 unspecified atom stereocenters. The largest absolute Gasteiger partial charge is 0.394 e. The lowest BCUT2D eigenvalue weighted by Gasteiger charge is -2.34. The lowest BCUT2D eigenvalue weighted by atomic mass is 9.84. The van der Waals surface area contributed by atoms with Crippen molar-refractivity contribution in [2.45, 2.75) is 45.8 Å². The van der Waals surface area contributed by atoms with Crippen LogP contribution in [0.3, 0.4) is 0 Å². The summed E-state index contributed by atoms with van der Waals surface area (Å²) in [4.78, 5) is 1.85. The minimum atomic E-state index is -4.11. The lowest BCUT2D eigenvalue weighted by molar-refractivity contribution is -0.217. The third-order valence-corrected chi connectivity index (χ3v) is 2.71. The molecule has 0 rings (SSSR count). The van der Waals surface area contributed by atoms with E-state index < -0.39 is 11.6 Å². The van der Waals surface area contributed by atoms with E-state index in [9.17, 15) is 13.2 Å². The molecule has 0 heterocycles. The van der Waals surface area contributed by atoms with Crippen LogP contribution < -0.4 is 0 Å². The van der Waals surface area contributed by atoms with Crippen LogP contribution >= 0.6 is 0 Å². The van der Waals surface area contributed by atoms with E-state index in [-0.39, 0.29) is 12.5 Å². The van der Waals surface area contributed by atoms with E-state index >= 15 is 0 Å². The van der Waals surface area contributed by atoms with Gasteiger partial charge in [-0.05, 0) is 26.9 Å². The van der Waals surface area contributed by atoms with Gasteiger partial charge in [-0.3, -0.25) is 0 Å². The summed E-state index contributed by atoms with van der Waals surface area (Å²) in [5.41, 5.74) is -1.60. The van der Waals surface area contributed by atoms with E-state index in [1.54, 1.807) is 0 Å². The fraction of sp³-hybridized carbons (Fsp3) is 1.00. The van der Waals surface area contributed by atoms with Crippen LogP contribution in [0, 0.1) is 5.41 Å². The number of alkyl halides is 3. The molecule has 0 saturated heterocycles. The van der Waals surface area contributed by atoms with E-state index in [1.165, 1.54) is 13.8 Å². The van der Waals surface area contributed by atoms with Gasteiger partial charge in [-0.25, -0.2) is 0 Å². The second-order valence-electron chi connectivity index (χ2n) is 4.61. The Hall–Kier alpha value is -0.250. The van der Waals surface area contributed by atoms with Crippen LogP contribution in [-0.2, 0) is 0 Å². The third-order valence-electron chi connectivity index (χ3n) is 2.71. The maximum absolute atomic E-state index is 12.6. The normalized spacial score (nSPS) is 16.1. The molecule has 0 aliphatic heterocycles. The number of halogens is 3. The van der Waals surface area contributed by atoms with Crippen molar-refractivity contribution >= 4 is 0 Å². The molecule has 0 spiro atoms. The smallest absolute Gasteiger partial charge is 0.306 e. The maximum atomic E-state index is 12.6. The van der Waals surface area contributed by atoms with Gasteiger partial charge in [0.2, 0.25) is 0 Å². The second-order valence-corrected chi connectivity index (χ2v) is 4.61. The number of nitrogens with zero attached hydrogens (tertiary/aromatic N) is 1. The van der Waals surface area contributed by atoms with Crippen LogP contribution in [-0.4, -0.2) is 31.2 Å². The van der Waals surface area contributed by atoms with Crippen LogP contribution in [0.25, 0.3) is 0 Å². The summed E-state index contributed by atoms with van der Waals surface area (Å²) in [6, 6.07) is -0.00775. The summed E-state index contributed by atoms with van der Waals surface area (Å²) in [6.07, 6.45) is -3.22. The summed E-state index contributed by atoms with van der Waals surface area (Å²) in [6.45, 7) is 4.44. The van der Waals surface area contributed by atoms with E-state index in [0.717, 1.165) is 6.42 Å². The average Bonchev–Trinajstić information content (AvgIpc) is 1.97. The highest BCUT2D eigenvalue weighted by molar-refractivity contribution is 4.82.